The van der Waals surface area contributed by atoms with Crippen LogP contribution in [0, 0.1) is 0 Å². The van der Waals surface area contributed by atoms with Crippen LogP contribution in [0.1, 0.15) is 162 Å². The van der Waals surface area contributed by atoms with E-state index >= 15 is 0 Å². The molecule has 0 saturated carbocycles. The largest absolute Gasteiger partial charge is 0.462 e. The van der Waals surface area contributed by atoms with Gasteiger partial charge in [0.1, 0.15) is 13.2 Å². The number of ether oxygens (including phenoxy) is 3. The zero-order valence-electron chi connectivity index (χ0n) is 36.0. The first-order valence-electron chi connectivity index (χ1n) is 22.0. The fourth-order valence-electron chi connectivity index (χ4n) is 5.21. The van der Waals surface area contributed by atoms with Crippen LogP contribution in [0.2, 0.25) is 0 Å². The van der Waals surface area contributed by atoms with E-state index in [4.69, 9.17) is 14.2 Å². The monoisotopic (exact) mass is 787 g/mol. The van der Waals surface area contributed by atoms with Crippen LogP contribution in [0.5, 0.6) is 0 Å². The average Bonchev–Trinajstić information content (AvgIpc) is 3.21. The van der Waals surface area contributed by atoms with E-state index in [1.165, 1.54) is 6.42 Å². The number of rotatable bonds is 37. The van der Waals surface area contributed by atoms with Gasteiger partial charge >= 0.3 is 17.9 Å². The summed E-state index contributed by atoms with van der Waals surface area (Å²) in [6.45, 7) is 6.15. The topological polar surface area (TPSA) is 78.9 Å². The highest BCUT2D eigenvalue weighted by molar-refractivity contribution is 5.71. The molecule has 0 bridgehead atoms. The van der Waals surface area contributed by atoms with E-state index < -0.39 is 12.1 Å². The predicted octanol–water partition coefficient (Wildman–Crippen LogP) is 14.2. The Balaban J connectivity index is 4.64. The van der Waals surface area contributed by atoms with E-state index in [-0.39, 0.29) is 38.0 Å². The maximum absolute atomic E-state index is 12.7. The summed E-state index contributed by atoms with van der Waals surface area (Å²) in [6, 6.07) is 0. The predicted molar refractivity (Wildman–Crippen MR) is 242 cm³/mol. The zero-order chi connectivity index (χ0) is 41.5. The summed E-state index contributed by atoms with van der Waals surface area (Å²) in [5, 5.41) is 0. The summed E-state index contributed by atoms with van der Waals surface area (Å²) in [5.41, 5.74) is 0. The Bertz CT molecular complexity index is 1270. The number of carbonyl (C=O) groups is 3. The minimum atomic E-state index is -0.851. The molecule has 0 N–H and O–H groups in total. The van der Waals surface area contributed by atoms with Crippen LogP contribution in [-0.2, 0) is 28.6 Å². The fourth-order valence-corrected chi connectivity index (χ4v) is 5.21. The maximum atomic E-state index is 12.7. The molecule has 0 aromatic carbocycles. The van der Waals surface area contributed by atoms with E-state index in [9.17, 15) is 14.4 Å². The third-order valence-corrected chi connectivity index (χ3v) is 8.44. The van der Waals surface area contributed by atoms with Gasteiger partial charge in [0.05, 0.1) is 0 Å². The van der Waals surface area contributed by atoms with Crippen molar-refractivity contribution in [2.45, 2.75) is 168 Å². The first kappa shape index (κ1) is 52.8. The van der Waals surface area contributed by atoms with Crippen LogP contribution in [-0.4, -0.2) is 37.2 Å². The summed E-state index contributed by atoms with van der Waals surface area (Å²) in [6.07, 6.45) is 60.6. The Morgan fingerprint density at radius 1 is 0.368 bits per heavy atom. The molecule has 0 saturated heterocycles. The van der Waals surface area contributed by atoms with E-state index in [2.05, 4.69) is 118 Å². The van der Waals surface area contributed by atoms with Crippen molar-refractivity contribution in [2.24, 2.45) is 0 Å². The molecular formula is C51H78O6. The summed E-state index contributed by atoms with van der Waals surface area (Å²) in [4.78, 5) is 37.7. The minimum absolute atomic E-state index is 0.140. The van der Waals surface area contributed by atoms with Gasteiger partial charge in [0.15, 0.2) is 6.10 Å². The number of esters is 3. The maximum Gasteiger partial charge on any atom is 0.306 e. The SMILES string of the molecule is CC/C=C\C/C=C\C/C=C\C/C=C\CCC(=O)OCC(COC(=O)CCCCCCC/C=C\C/C=C\CCC)OC(=O)CC/C=C\C/C=C\C/C=C\C/C=C\CC. The molecule has 0 aromatic heterocycles. The minimum Gasteiger partial charge on any atom is -0.462 e. The van der Waals surface area contributed by atoms with Crippen LogP contribution in [0.15, 0.2) is 122 Å². The quantitative estimate of drug-likeness (QED) is 0.0270. The van der Waals surface area contributed by atoms with Gasteiger partial charge < -0.3 is 14.2 Å². The number of hydrogen-bond donors (Lipinski definition) is 0. The molecule has 0 aliphatic rings. The van der Waals surface area contributed by atoms with Crippen molar-refractivity contribution in [2.75, 3.05) is 13.2 Å². The number of unbranched alkanes of at least 4 members (excludes halogenated alkanes) is 6. The molecule has 0 aromatic rings. The van der Waals surface area contributed by atoms with Crippen molar-refractivity contribution < 1.29 is 28.6 Å². The normalized spacial score (nSPS) is 13.2. The second-order valence-corrected chi connectivity index (χ2v) is 13.8. The highest BCUT2D eigenvalue weighted by atomic mass is 16.6. The third kappa shape index (κ3) is 42.8. The second kappa shape index (κ2) is 44.5. The van der Waals surface area contributed by atoms with Crippen LogP contribution in [0.25, 0.3) is 0 Å². The molecule has 318 valence electrons. The third-order valence-electron chi connectivity index (χ3n) is 8.44. The molecule has 0 fully saturated rings. The van der Waals surface area contributed by atoms with Gasteiger partial charge in [0, 0.05) is 19.3 Å². The molecule has 1 atom stereocenters. The van der Waals surface area contributed by atoms with E-state index in [0.29, 0.717) is 19.3 Å². The number of hydrogen-bond acceptors (Lipinski definition) is 6. The highest BCUT2D eigenvalue weighted by Crippen LogP contribution is 2.10. The van der Waals surface area contributed by atoms with Gasteiger partial charge in [-0.3, -0.25) is 14.4 Å². The van der Waals surface area contributed by atoms with Gasteiger partial charge in [-0.05, 0) is 96.3 Å². The van der Waals surface area contributed by atoms with Gasteiger partial charge in [-0.1, -0.05) is 168 Å². The number of carbonyl (C=O) groups excluding carboxylic acids is 3. The lowest BCUT2D eigenvalue weighted by Crippen LogP contribution is -2.30. The molecule has 1 unspecified atom stereocenters. The van der Waals surface area contributed by atoms with Crippen molar-refractivity contribution in [1.29, 1.82) is 0 Å². The number of allylic oxidation sites excluding steroid dienone is 20. The summed E-state index contributed by atoms with van der Waals surface area (Å²) in [7, 11) is 0. The van der Waals surface area contributed by atoms with E-state index in [1.54, 1.807) is 0 Å². The first-order chi connectivity index (χ1) is 28.0. The Morgan fingerprint density at radius 2 is 0.719 bits per heavy atom. The van der Waals surface area contributed by atoms with Crippen LogP contribution < -0.4 is 0 Å². The van der Waals surface area contributed by atoms with E-state index in [1.807, 2.05) is 24.3 Å². The summed E-state index contributed by atoms with van der Waals surface area (Å²) >= 11 is 0. The Hall–Kier alpha value is -4.19. The van der Waals surface area contributed by atoms with Crippen molar-refractivity contribution in [3.05, 3.63) is 122 Å². The van der Waals surface area contributed by atoms with E-state index in [0.717, 1.165) is 103 Å². The lowest BCUT2D eigenvalue weighted by Gasteiger charge is -2.18. The lowest BCUT2D eigenvalue weighted by molar-refractivity contribution is -0.166. The highest BCUT2D eigenvalue weighted by Gasteiger charge is 2.19. The molecule has 6 nitrogen and oxygen atoms in total. The molecule has 57 heavy (non-hydrogen) atoms. The molecule has 0 rings (SSSR count). The summed E-state index contributed by atoms with van der Waals surface area (Å²) < 4.78 is 16.5. The van der Waals surface area contributed by atoms with Crippen molar-refractivity contribution in [1.82, 2.24) is 0 Å². The van der Waals surface area contributed by atoms with Crippen molar-refractivity contribution in [3.8, 4) is 0 Å². The summed E-state index contributed by atoms with van der Waals surface area (Å²) in [5.74, 6) is -1.14. The molecule has 0 radical (unpaired) electrons. The molecule has 0 heterocycles. The van der Waals surface area contributed by atoms with Crippen LogP contribution in [0.4, 0.5) is 0 Å². The average molecular weight is 787 g/mol. The Morgan fingerprint density at radius 3 is 1.18 bits per heavy atom. The van der Waals surface area contributed by atoms with Gasteiger partial charge in [-0.15, -0.1) is 0 Å². The lowest BCUT2D eigenvalue weighted by atomic mass is 10.1. The molecule has 0 aliphatic heterocycles. The Labute approximate surface area is 348 Å². The first-order valence-corrected chi connectivity index (χ1v) is 22.0. The molecular weight excluding hydrogens is 709 g/mol. The van der Waals surface area contributed by atoms with Crippen LogP contribution in [0.3, 0.4) is 0 Å². The van der Waals surface area contributed by atoms with Gasteiger partial charge in [0.25, 0.3) is 0 Å². The smallest absolute Gasteiger partial charge is 0.306 e. The van der Waals surface area contributed by atoms with Crippen molar-refractivity contribution in [3.63, 3.8) is 0 Å². The van der Waals surface area contributed by atoms with Crippen molar-refractivity contribution >= 4 is 17.9 Å². The standard InChI is InChI=1S/C51H78O6/c1-4-7-10-13-16-19-22-25-28-31-34-37-40-43-49(52)55-46-48(57-51(54)45-42-39-36-33-30-27-24-21-18-15-12-9-6-3)47-56-50(53)44-41-38-35-32-29-26-23-20-17-14-11-8-5-2/h7,9-12,14,16,18-21,23,25,27-28,30,34,36-37,39,48H,4-6,8,13,15,17,22,24,26,29,31-33,35,38,40-47H2,1-3H3/b10-7-,12-9-,14-11-,19-16-,21-18-,23-20-,28-25-,30-27-,37-34-,39-36-. The molecule has 0 aliphatic carbocycles. The molecule has 0 spiro atoms. The van der Waals surface area contributed by atoms with Gasteiger partial charge in [-0.2, -0.15) is 0 Å². The van der Waals surface area contributed by atoms with Gasteiger partial charge in [-0.25, -0.2) is 0 Å². The zero-order valence-corrected chi connectivity index (χ0v) is 36.0. The Kier molecular flexibility index (Phi) is 41.3. The van der Waals surface area contributed by atoms with Crippen LogP contribution >= 0.6 is 0 Å². The second-order valence-electron chi connectivity index (χ2n) is 13.8. The van der Waals surface area contributed by atoms with Gasteiger partial charge in [0.2, 0.25) is 0 Å². The molecule has 6 heteroatoms. The molecule has 0 amide bonds. The fraction of sp³-hybridized carbons (Fsp3) is 0.549.